The number of para-hydroxylation sites is 1. The zero-order valence-electron chi connectivity index (χ0n) is 21.7. The fourth-order valence-electron chi connectivity index (χ4n) is 5.18. The number of benzene rings is 2. The number of fused-ring (bicyclic) bond motifs is 1. The summed E-state index contributed by atoms with van der Waals surface area (Å²) >= 11 is 6.85. The molecular weight excluding hydrogens is 516 g/mol. The Morgan fingerprint density at radius 3 is 2.42 bits per heavy atom. The second-order valence-electron chi connectivity index (χ2n) is 9.63. The topological polar surface area (TPSA) is 69.0 Å². The molecule has 0 saturated carbocycles. The minimum Gasteiger partial charge on any atom is -0.395 e. The highest BCUT2D eigenvalue weighted by Crippen LogP contribution is 2.37. The summed E-state index contributed by atoms with van der Waals surface area (Å²) in [6, 6.07) is 16.0. The second kappa shape index (κ2) is 11.4. The van der Waals surface area contributed by atoms with E-state index in [4.69, 9.17) is 12.2 Å². The number of nitrogens with zero attached hydrogens (tertiary/aromatic N) is 4. The van der Waals surface area contributed by atoms with Crippen LogP contribution >= 0.6 is 24.0 Å². The SMILES string of the molecule is CCn1c(=O)c(C=C2SC(=S)N(Cc3ccc(C)cc3)C2=O)c(N2CCN(CCO)CC2)c2ccccc21. The van der Waals surface area contributed by atoms with Gasteiger partial charge in [-0.2, -0.15) is 0 Å². The molecule has 0 atom stereocenters. The molecule has 7 nitrogen and oxygen atoms in total. The van der Waals surface area contributed by atoms with Crippen LogP contribution in [0.1, 0.15) is 23.6 Å². The van der Waals surface area contributed by atoms with E-state index in [1.54, 1.807) is 15.5 Å². The van der Waals surface area contributed by atoms with Gasteiger partial charge >= 0.3 is 0 Å². The average Bonchev–Trinajstić information content (AvgIpc) is 3.18. The van der Waals surface area contributed by atoms with Crippen molar-refractivity contribution in [2.24, 2.45) is 0 Å². The van der Waals surface area contributed by atoms with E-state index in [2.05, 4.69) is 15.9 Å². The average molecular weight is 549 g/mol. The summed E-state index contributed by atoms with van der Waals surface area (Å²) in [4.78, 5) is 34.0. The highest BCUT2D eigenvalue weighted by atomic mass is 32.2. The molecule has 0 spiro atoms. The van der Waals surface area contributed by atoms with Crippen molar-refractivity contribution in [2.45, 2.75) is 26.9 Å². The number of amides is 1. The number of aromatic nitrogens is 1. The fourth-order valence-corrected chi connectivity index (χ4v) is 6.41. The van der Waals surface area contributed by atoms with E-state index >= 15 is 0 Å². The summed E-state index contributed by atoms with van der Waals surface area (Å²) < 4.78 is 2.28. The Kier molecular flexibility index (Phi) is 7.99. The van der Waals surface area contributed by atoms with Crippen LogP contribution in [-0.4, -0.2) is 69.0 Å². The van der Waals surface area contributed by atoms with Crippen molar-refractivity contribution in [3.8, 4) is 0 Å². The first-order valence-corrected chi connectivity index (χ1v) is 14.2. The number of pyridine rings is 1. The maximum atomic E-state index is 13.9. The van der Waals surface area contributed by atoms with Gasteiger partial charge in [0.1, 0.15) is 4.32 Å². The molecule has 198 valence electrons. The molecule has 9 heteroatoms. The number of rotatable bonds is 7. The molecular formula is C29H32N4O3S2. The standard InChI is InChI=1S/C29H32N4O3S2/c1-3-32-24-7-5-4-6-22(24)26(31-14-12-30(13-15-31)16-17-34)23(27(32)35)18-25-28(36)33(29(37)38-25)19-21-10-8-20(2)9-11-21/h4-11,18,34H,3,12-17,19H2,1-2H3. The first kappa shape index (κ1) is 26.6. The van der Waals surface area contributed by atoms with Crippen LogP contribution in [0, 0.1) is 6.92 Å². The Morgan fingerprint density at radius 1 is 1.03 bits per heavy atom. The van der Waals surface area contributed by atoms with Crippen molar-refractivity contribution in [3.05, 3.63) is 80.5 Å². The van der Waals surface area contributed by atoms with Crippen LogP contribution in [0.2, 0.25) is 0 Å². The molecule has 2 aliphatic heterocycles. The molecule has 1 amide bonds. The van der Waals surface area contributed by atoms with Crippen molar-refractivity contribution >= 4 is 56.9 Å². The quantitative estimate of drug-likeness (QED) is 0.355. The zero-order valence-corrected chi connectivity index (χ0v) is 23.4. The molecule has 2 saturated heterocycles. The zero-order chi connectivity index (χ0) is 26.8. The number of thioether (sulfide) groups is 1. The first-order valence-electron chi connectivity index (χ1n) is 13.0. The molecule has 2 fully saturated rings. The number of hydrogen-bond acceptors (Lipinski definition) is 7. The normalized spacial score (nSPS) is 17.8. The predicted octanol–water partition coefficient (Wildman–Crippen LogP) is 3.85. The molecule has 3 heterocycles. The van der Waals surface area contributed by atoms with Crippen molar-refractivity contribution in [3.63, 3.8) is 0 Å². The lowest BCUT2D eigenvalue weighted by molar-refractivity contribution is -0.122. The number of β-amino-alcohol motifs (C(OH)–C–C–N with tert-alkyl or cyclic N) is 1. The number of carbonyl (C=O) groups is 1. The third kappa shape index (κ3) is 5.16. The number of carbonyl (C=O) groups excluding carboxylic acids is 1. The Balaban J connectivity index is 1.57. The van der Waals surface area contributed by atoms with Crippen LogP contribution in [0.25, 0.3) is 17.0 Å². The van der Waals surface area contributed by atoms with Gasteiger partial charge < -0.3 is 14.6 Å². The molecule has 0 unspecified atom stereocenters. The Labute approximate surface area is 232 Å². The third-order valence-electron chi connectivity index (χ3n) is 7.21. The number of anilines is 1. The monoisotopic (exact) mass is 548 g/mol. The van der Waals surface area contributed by atoms with E-state index in [0.29, 0.717) is 34.4 Å². The Hall–Kier alpha value is -2.98. The predicted molar refractivity (Wildman–Crippen MR) is 160 cm³/mol. The molecule has 38 heavy (non-hydrogen) atoms. The van der Waals surface area contributed by atoms with Gasteiger partial charge in [0.15, 0.2) is 0 Å². The first-order chi connectivity index (χ1) is 18.4. The van der Waals surface area contributed by atoms with Crippen molar-refractivity contribution < 1.29 is 9.90 Å². The van der Waals surface area contributed by atoms with E-state index < -0.39 is 0 Å². The van der Waals surface area contributed by atoms with Gasteiger partial charge in [-0.1, -0.05) is 72.0 Å². The maximum absolute atomic E-state index is 13.9. The highest BCUT2D eigenvalue weighted by molar-refractivity contribution is 8.26. The highest BCUT2D eigenvalue weighted by Gasteiger charge is 2.33. The summed E-state index contributed by atoms with van der Waals surface area (Å²) in [6.45, 7) is 8.75. The van der Waals surface area contributed by atoms with Crippen molar-refractivity contribution in [1.29, 1.82) is 0 Å². The lowest BCUT2D eigenvalue weighted by Crippen LogP contribution is -2.48. The van der Waals surface area contributed by atoms with E-state index in [9.17, 15) is 14.7 Å². The number of aryl methyl sites for hydroxylation is 2. The van der Waals surface area contributed by atoms with Gasteiger partial charge in [0.2, 0.25) is 0 Å². The summed E-state index contributed by atoms with van der Waals surface area (Å²) in [5.74, 6) is -0.171. The lowest BCUT2D eigenvalue weighted by Gasteiger charge is -2.37. The van der Waals surface area contributed by atoms with Gasteiger partial charge in [-0.3, -0.25) is 19.4 Å². The van der Waals surface area contributed by atoms with Crippen molar-refractivity contribution in [2.75, 3.05) is 44.2 Å². The molecule has 0 bridgehead atoms. The summed E-state index contributed by atoms with van der Waals surface area (Å²) in [5.41, 5.74) is 4.33. The van der Waals surface area contributed by atoms with Crippen LogP contribution in [0.4, 0.5) is 5.69 Å². The minimum absolute atomic E-state index is 0.109. The molecule has 0 aliphatic carbocycles. The fraction of sp³-hybridized carbons (Fsp3) is 0.345. The van der Waals surface area contributed by atoms with E-state index in [1.807, 2.05) is 56.3 Å². The third-order valence-corrected chi connectivity index (χ3v) is 8.59. The number of aliphatic hydroxyl groups is 1. The van der Waals surface area contributed by atoms with Gasteiger partial charge in [0.05, 0.1) is 34.8 Å². The van der Waals surface area contributed by atoms with Gasteiger partial charge in [0, 0.05) is 44.7 Å². The van der Waals surface area contributed by atoms with Gasteiger partial charge in [-0.15, -0.1) is 0 Å². The number of aliphatic hydroxyl groups excluding tert-OH is 1. The Bertz CT molecular complexity index is 1460. The van der Waals surface area contributed by atoms with Gasteiger partial charge in [-0.05, 0) is 31.6 Å². The second-order valence-corrected chi connectivity index (χ2v) is 11.3. The van der Waals surface area contributed by atoms with Crippen LogP contribution in [0.5, 0.6) is 0 Å². The number of thiocarbonyl (C=S) groups is 1. The maximum Gasteiger partial charge on any atom is 0.266 e. The van der Waals surface area contributed by atoms with Gasteiger partial charge in [0.25, 0.3) is 11.5 Å². The molecule has 2 aromatic carbocycles. The Morgan fingerprint density at radius 2 is 1.74 bits per heavy atom. The number of hydrogen-bond donors (Lipinski definition) is 1. The minimum atomic E-state index is -0.171. The molecule has 0 radical (unpaired) electrons. The molecule has 2 aliphatic rings. The van der Waals surface area contributed by atoms with E-state index in [1.165, 1.54) is 11.8 Å². The smallest absolute Gasteiger partial charge is 0.266 e. The lowest BCUT2D eigenvalue weighted by atomic mass is 10.0. The van der Waals surface area contributed by atoms with Gasteiger partial charge in [-0.25, -0.2) is 0 Å². The molecule has 5 rings (SSSR count). The van der Waals surface area contributed by atoms with Crippen LogP contribution < -0.4 is 10.5 Å². The van der Waals surface area contributed by atoms with Crippen LogP contribution in [-0.2, 0) is 17.9 Å². The summed E-state index contributed by atoms with van der Waals surface area (Å²) in [5, 5.41) is 10.3. The van der Waals surface area contributed by atoms with E-state index in [0.717, 1.165) is 53.9 Å². The van der Waals surface area contributed by atoms with Crippen LogP contribution in [0.3, 0.4) is 0 Å². The van der Waals surface area contributed by atoms with Crippen LogP contribution in [0.15, 0.2) is 58.2 Å². The molecule has 3 aromatic rings. The molecule has 1 N–H and O–H groups in total. The largest absolute Gasteiger partial charge is 0.395 e. The van der Waals surface area contributed by atoms with E-state index in [-0.39, 0.29) is 18.1 Å². The summed E-state index contributed by atoms with van der Waals surface area (Å²) in [7, 11) is 0. The van der Waals surface area contributed by atoms with Crippen molar-refractivity contribution in [1.82, 2.24) is 14.4 Å². The number of piperazine rings is 1. The summed E-state index contributed by atoms with van der Waals surface area (Å²) in [6.07, 6.45) is 1.75. The molecule has 1 aromatic heterocycles.